The molecule has 1 aromatic heterocycles. The van der Waals surface area contributed by atoms with E-state index in [0.29, 0.717) is 22.2 Å². The number of aliphatic hydroxyl groups is 1. The molecular weight excluding hydrogens is 274 g/mol. The van der Waals surface area contributed by atoms with E-state index in [2.05, 4.69) is 10.2 Å². The summed E-state index contributed by atoms with van der Waals surface area (Å²) >= 11 is 0. The van der Waals surface area contributed by atoms with Gasteiger partial charge in [0.2, 0.25) is 0 Å². The molecule has 1 N–H and O–H groups in total. The van der Waals surface area contributed by atoms with E-state index in [-0.39, 0.29) is 5.39 Å². The zero-order valence-electron chi connectivity index (χ0n) is 11.2. The van der Waals surface area contributed by atoms with Gasteiger partial charge < -0.3 is 5.11 Å². The standard InChI is InChI=1S/C16H12F2N2O/c1-9(21)13-8-14(18)12-5-6-19-20-16(12)15(13)10-3-2-4-11(17)7-10/h2-9,21H,1H3. The Labute approximate surface area is 119 Å². The van der Waals surface area contributed by atoms with Crippen molar-refractivity contribution in [3.63, 3.8) is 0 Å². The Balaban J connectivity index is 2.43. The van der Waals surface area contributed by atoms with Gasteiger partial charge >= 0.3 is 0 Å². The quantitative estimate of drug-likeness (QED) is 0.782. The number of halogens is 2. The maximum atomic E-state index is 14.1. The molecule has 2 aromatic carbocycles. The molecule has 0 aliphatic carbocycles. The normalized spacial score (nSPS) is 12.6. The van der Waals surface area contributed by atoms with Crippen LogP contribution in [0.5, 0.6) is 0 Å². The molecule has 0 saturated carbocycles. The van der Waals surface area contributed by atoms with Crippen molar-refractivity contribution in [1.29, 1.82) is 0 Å². The Morgan fingerprint density at radius 2 is 1.95 bits per heavy atom. The molecule has 0 aliphatic heterocycles. The van der Waals surface area contributed by atoms with Crippen molar-refractivity contribution in [3.8, 4) is 11.1 Å². The van der Waals surface area contributed by atoms with Gasteiger partial charge in [0.05, 0.1) is 12.3 Å². The Morgan fingerprint density at radius 3 is 2.67 bits per heavy atom. The molecule has 0 radical (unpaired) electrons. The fourth-order valence-corrected chi connectivity index (χ4v) is 2.41. The zero-order valence-corrected chi connectivity index (χ0v) is 11.2. The molecule has 3 rings (SSSR count). The van der Waals surface area contributed by atoms with Crippen molar-refractivity contribution in [2.75, 3.05) is 0 Å². The molecule has 5 heteroatoms. The SMILES string of the molecule is CC(O)c1cc(F)c2ccnnc2c1-c1cccc(F)c1. The lowest BCUT2D eigenvalue weighted by Crippen LogP contribution is -2.00. The van der Waals surface area contributed by atoms with Crippen molar-refractivity contribution in [2.24, 2.45) is 0 Å². The monoisotopic (exact) mass is 286 g/mol. The summed E-state index contributed by atoms with van der Waals surface area (Å²) in [5.41, 5.74) is 1.68. The molecule has 0 aliphatic rings. The van der Waals surface area contributed by atoms with Gasteiger partial charge in [-0.15, -0.1) is 5.10 Å². The zero-order chi connectivity index (χ0) is 15.0. The highest BCUT2D eigenvalue weighted by Gasteiger charge is 2.18. The summed E-state index contributed by atoms with van der Waals surface area (Å²) < 4.78 is 27.6. The topological polar surface area (TPSA) is 46.0 Å². The van der Waals surface area contributed by atoms with Crippen LogP contribution in [0.4, 0.5) is 8.78 Å². The Hall–Kier alpha value is -2.40. The lowest BCUT2D eigenvalue weighted by molar-refractivity contribution is 0.199. The highest BCUT2D eigenvalue weighted by molar-refractivity contribution is 5.95. The summed E-state index contributed by atoms with van der Waals surface area (Å²) in [4.78, 5) is 0. The molecule has 21 heavy (non-hydrogen) atoms. The maximum absolute atomic E-state index is 14.1. The largest absolute Gasteiger partial charge is 0.389 e. The minimum Gasteiger partial charge on any atom is -0.389 e. The van der Waals surface area contributed by atoms with Crippen LogP contribution in [-0.4, -0.2) is 15.3 Å². The lowest BCUT2D eigenvalue weighted by atomic mass is 9.93. The predicted octanol–water partition coefficient (Wildman–Crippen LogP) is 3.63. The van der Waals surface area contributed by atoms with Gasteiger partial charge in [-0.1, -0.05) is 12.1 Å². The van der Waals surface area contributed by atoms with E-state index in [9.17, 15) is 13.9 Å². The third kappa shape index (κ3) is 2.36. The van der Waals surface area contributed by atoms with Gasteiger partial charge in [0.25, 0.3) is 0 Å². The maximum Gasteiger partial charge on any atom is 0.133 e. The van der Waals surface area contributed by atoms with E-state index in [1.54, 1.807) is 12.1 Å². The van der Waals surface area contributed by atoms with Crippen LogP contribution in [0.15, 0.2) is 42.6 Å². The van der Waals surface area contributed by atoms with Crippen LogP contribution in [0.25, 0.3) is 22.0 Å². The summed E-state index contributed by atoms with van der Waals surface area (Å²) in [5.74, 6) is -0.902. The molecule has 1 unspecified atom stereocenters. The van der Waals surface area contributed by atoms with Crippen molar-refractivity contribution >= 4 is 10.9 Å². The number of aromatic nitrogens is 2. The first-order chi connectivity index (χ1) is 10.1. The van der Waals surface area contributed by atoms with Crippen molar-refractivity contribution in [1.82, 2.24) is 10.2 Å². The number of benzene rings is 2. The predicted molar refractivity (Wildman–Crippen MR) is 75.5 cm³/mol. The average molecular weight is 286 g/mol. The second-order valence-electron chi connectivity index (χ2n) is 4.80. The number of aliphatic hydroxyl groups excluding tert-OH is 1. The Bertz CT molecular complexity index is 818. The van der Waals surface area contributed by atoms with Gasteiger partial charge in [-0.3, -0.25) is 0 Å². The van der Waals surface area contributed by atoms with Crippen LogP contribution in [0.2, 0.25) is 0 Å². The van der Waals surface area contributed by atoms with Gasteiger partial charge in [0, 0.05) is 10.9 Å². The molecule has 0 spiro atoms. The molecule has 106 valence electrons. The first-order valence-electron chi connectivity index (χ1n) is 6.45. The molecule has 0 fully saturated rings. The summed E-state index contributed by atoms with van der Waals surface area (Å²) in [6.07, 6.45) is 0.479. The van der Waals surface area contributed by atoms with Gasteiger partial charge in [0.1, 0.15) is 17.2 Å². The molecule has 0 bridgehead atoms. The van der Waals surface area contributed by atoms with E-state index >= 15 is 0 Å². The van der Waals surface area contributed by atoms with E-state index in [1.165, 1.54) is 37.4 Å². The minimum atomic E-state index is -0.913. The van der Waals surface area contributed by atoms with E-state index < -0.39 is 17.7 Å². The van der Waals surface area contributed by atoms with Gasteiger partial charge in [-0.05, 0) is 42.3 Å². The van der Waals surface area contributed by atoms with Crippen LogP contribution >= 0.6 is 0 Å². The second kappa shape index (κ2) is 5.18. The van der Waals surface area contributed by atoms with Crippen molar-refractivity contribution < 1.29 is 13.9 Å². The van der Waals surface area contributed by atoms with Gasteiger partial charge in [-0.2, -0.15) is 5.10 Å². The molecule has 3 nitrogen and oxygen atoms in total. The molecule has 3 aromatic rings. The van der Waals surface area contributed by atoms with Crippen molar-refractivity contribution in [2.45, 2.75) is 13.0 Å². The van der Waals surface area contributed by atoms with Crippen LogP contribution in [0, 0.1) is 11.6 Å². The van der Waals surface area contributed by atoms with Crippen LogP contribution in [0.3, 0.4) is 0 Å². The average Bonchev–Trinajstić information content (AvgIpc) is 2.47. The lowest BCUT2D eigenvalue weighted by Gasteiger charge is -2.15. The smallest absolute Gasteiger partial charge is 0.133 e. The fraction of sp³-hybridized carbons (Fsp3) is 0.125. The number of rotatable bonds is 2. The Kier molecular flexibility index (Phi) is 3.35. The minimum absolute atomic E-state index is 0.286. The number of fused-ring (bicyclic) bond motifs is 1. The summed E-state index contributed by atoms with van der Waals surface area (Å²) in [6.45, 7) is 1.53. The molecule has 0 amide bonds. The van der Waals surface area contributed by atoms with E-state index in [0.717, 1.165) is 0 Å². The van der Waals surface area contributed by atoms with E-state index in [4.69, 9.17) is 0 Å². The molecule has 1 atom stereocenters. The number of hydrogen-bond acceptors (Lipinski definition) is 3. The van der Waals surface area contributed by atoms with Crippen LogP contribution < -0.4 is 0 Å². The van der Waals surface area contributed by atoms with Crippen molar-refractivity contribution in [3.05, 3.63) is 59.8 Å². The molecule has 0 saturated heterocycles. The third-order valence-corrected chi connectivity index (χ3v) is 3.35. The van der Waals surface area contributed by atoms with Gasteiger partial charge in [0.15, 0.2) is 0 Å². The number of nitrogens with zero attached hydrogens (tertiary/aromatic N) is 2. The van der Waals surface area contributed by atoms with Crippen LogP contribution in [0.1, 0.15) is 18.6 Å². The van der Waals surface area contributed by atoms with E-state index in [1.807, 2.05) is 0 Å². The summed E-state index contributed by atoms with van der Waals surface area (Å²) in [6, 6.07) is 8.66. The third-order valence-electron chi connectivity index (χ3n) is 3.35. The highest BCUT2D eigenvalue weighted by Crippen LogP contribution is 2.35. The first kappa shape index (κ1) is 13.6. The number of hydrogen-bond donors (Lipinski definition) is 1. The highest BCUT2D eigenvalue weighted by atomic mass is 19.1. The second-order valence-corrected chi connectivity index (χ2v) is 4.80. The molecule has 1 heterocycles. The fourth-order valence-electron chi connectivity index (χ4n) is 2.41. The van der Waals surface area contributed by atoms with Crippen LogP contribution in [-0.2, 0) is 0 Å². The summed E-state index contributed by atoms with van der Waals surface area (Å²) in [7, 11) is 0. The Morgan fingerprint density at radius 1 is 1.14 bits per heavy atom. The summed E-state index contributed by atoms with van der Waals surface area (Å²) in [5, 5.41) is 17.9. The molecular formula is C16H12F2N2O. The first-order valence-corrected chi connectivity index (χ1v) is 6.45. The van der Waals surface area contributed by atoms with Gasteiger partial charge in [-0.25, -0.2) is 8.78 Å².